The van der Waals surface area contributed by atoms with Crippen molar-refractivity contribution in [2.45, 2.75) is 83.6 Å². The Bertz CT molecular complexity index is 1130. The molecule has 1 aliphatic heterocycles. The van der Waals surface area contributed by atoms with E-state index in [9.17, 15) is 30.0 Å². The zero-order chi connectivity index (χ0) is 26.4. The Hall–Kier alpha value is -2.10. The maximum absolute atomic E-state index is 14.1. The van der Waals surface area contributed by atoms with Crippen LogP contribution in [0, 0.1) is 22.2 Å². The van der Waals surface area contributed by atoms with E-state index < -0.39 is 70.0 Å². The topological polar surface area (TPSA) is 134 Å². The van der Waals surface area contributed by atoms with Crippen LogP contribution < -0.4 is 0 Å². The molecule has 196 valence electrons. The van der Waals surface area contributed by atoms with E-state index in [1.807, 2.05) is 6.92 Å². The van der Waals surface area contributed by atoms with Gasteiger partial charge in [0.1, 0.15) is 17.8 Å². The molecule has 1 heterocycles. The molecule has 1 aromatic carbocycles. The number of ether oxygens (including phenoxy) is 2. The average molecular weight is 501 g/mol. The number of carbonyl (C=O) groups excluding carboxylic acids is 2. The molecule has 0 aromatic heterocycles. The summed E-state index contributed by atoms with van der Waals surface area (Å²) in [7, 11) is 0. The molecule has 0 amide bonds. The van der Waals surface area contributed by atoms with Crippen molar-refractivity contribution >= 4 is 11.8 Å². The molecule has 4 N–H and O–H groups in total. The normalized spacial score (nSPS) is 45.5. The number of hydrogen-bond acceptors (Lipinski definition) is 8. The molecular formula is C28H36O8. The number of fused-ring (bicyclic) bond motifs is 5. The van der Waals surface area contributed by atoms with E-state index in [-0.39, 0.29) is 30.6 Å². The fraction of sp³-hybridized carbons (Fsp3) is 0.643. The van der Waals surface area contributed by atoms with Crippen molar-refractivity contribution in [3.63, 3.8) is 0 Å². The minimum Gasteiger partial charge on any atom is -0.455 e. The highest BCUT2D eigenvalue weighted by molar-refractivity contribution is 5.93. The number of rotatable bonds is 2. The van der Waals surface area contributed by atoms with Crippen LogP contribution in [0.4, 0.5) is 0 Å². The molecule has 2 unspecified atom stereocenters. The molecule has 8 heteroatoms. The van der Waals surface area contributed by atoms with Crippen LogP contribution in [0.15, 0.2) is 41.5 Å². The third-order valence-corrected chi connectivity index (χ3v) is 10.1. The van der Waals surface area contributed by atoms with Gasteiger partial charge in [0.15, 0.2) is 5.78 Å². The summed E-state index contributed by atoms with van der Waals surface area (Å²) in [5.74, 6) is -2.17. The van der Waals surface area contributed by atoms with Crippen molar-refractivity contribution in [3.05, 3.63) is 47.0 Å². The molecule has 2 bridgehead atoms. The first-order chi connectivity index (χ1) is 16.7. The van der Waals surface area contributed by atoms with Crippen LogP contribution >= 0.6 is 0 Å². The minimum absolute atomic E-state index is 0.159. The summed E-state index contributed by atoms with van der Waals surface area (Å²) >= 11 is 0. The van der Waals surface area contributed by atoms with Crippen molar-refractivity contribution < 1.29 is 39.5 Å². The van der Waals surface area contributed by atoms with Gasteiger partial charge in [-0.3, -0.25) is 4.79 Å². The van der Waals surface area contributed by atoms with Gasteiger partial charge in [-0.25, -0.2) is 4.79 Å². The van der Waals surface area contributed by atoms with E-state index in [0.717, 1.165) is 0 Å². The predicted octanol–water partition coefficient (Wildman–Crippen LogP) is 1.79. The van der Waals surface area contributed by atoms with Gasteiger partial charge in [0.05, 0.1) is 35.9 Å². The fourth-order valence-corrected chi connectivity index (χ4v) is 7.67. The zero-order valence-corrected chi connectivity index (χ0v) is 21.4. The van der Waals surface area contributed by atoms with E-state index in [2.05, 4.69) is 0 Å². The number of aliphatic hydroxyl groups excluding tert-OH is 3. The third kappa shape index (κ3) is 3.05. The minimum atomic E-state index is -1.86. The lowest BCUT2D eigenvalue weighted by atomic mass is 9.42. The van der Waals surface area contributed by atoms with Gasteiger partial charge in [-0.1, -0.05) is 39.0 Å². The van der Waals surface area contributed by atoms with Crippen LogP contribution in [-0.2, 0) is 14.3 Å². The summed E-state index contributed by atoms with van der Waals surface area (Å²) in [6, 6.07) is 8.38. The van der Waals surface area contributed by atoms with Crippen LogP contribution in [0.2, 0.25) is 0 Å². The lowest BCUT2D eigenvalue weighted by Crippen LogP contribution is -2.77. The summed E-state index contributed by atoms with van der Waals surface area (Å²) in [4.78, 5) is 27.6. The molecule has 3 fully saturated rings. The van der Waals surface area contributed by atoms with E-state index in [4.69, 9.17) is 9.47 Å². The first-order valence-corrected chi connectivity index (χ1v) is 12.6. The van der Waals surface area contributed by atoms with Gasteiger partial charge in [0.2, 0.25) is 0 Å². The van der Waals surface area contributed by atoms with Gasteiger partial charge in [-0.05, 0) is 37.1 Å². The molecule has 0 spiro atoms. The van der Waals surface area contributed by atoms with Gasteiger partial charge in [-0.2, -0.15) is 0 Å². The molecule has 2 saturated carbocycles. The van der Waals surface area contributed by atoms with Crippen molar-refractivity contribution in [3.8, 4) is 0 Å². The second-order valence-corrected chi connectivity index (χ2v) is 12.1. The first kappa shape index (κ1) is 25.5. The second kappa shape index (κ2) is 7.95. The van der Waals surface area contributed by atoms with E-state index in [1.165, 1.54) is 0 Å². The number of hydrogen-bond donors (Lipinski definition) is 4. The van der Waals surface area contributed by atoms with Gasteiger partial charge >= 0.3 is 5.97 Å². The van der Waals surface area contributed by atoms with Crippen molar-refractivity contribution in [1.82, 2.24) is 0 Å². The lowest BCUT2D eigenvalue weighted by molar-refractivity contribution is -0.313. The first-order valence-electron chi connectivity index (χ1n) is 12.6. The van der Waals surface area contributed by atoms with Crippen molar-refractivity contribution in [1.29, 1.82) is 0 Å². The Morgan fingerprint density at radius 3 is 2.31 bits per heavy atom. The van der Waals surface area contributed by atoms with E-state index >= 15 is 0 Å². The summed E-state index contributed by atoms with van der Waals surface area (Å²) in [5, 5.41) is 46.4. The van der Waals surface area contributed by atoms with Gasteiger partial charge < -0.3 is 29.9 Å². The summed E-state index contributed by atoms with van der Waals surface area (Å²) in [6.07, 6.45) is -5.67. The number of esters is 1. The highest BCUT2D eigenvalue weighted by atomic mass is 16.6. The van der Waals surface area contributed by atoms with Gasteiger partial charge in [0, 0.05) is 29.6 Å². The predicted molar refractivity (Wildman–Crippen MR) is 129 cm³/mol. The smallest absolute Gasteiger partial charge is 0.338 e. The van der Waals surface area contributed by atoms with Crippen LogP contribution in [0.3, 0.4) is 0 Å². The quantitative estimate of drug-likeness (QED) is 0.357. The zero-order valence-electron chi connectivity index (χ0n) is 21.4. The monoisotopic (exact) mass is 500 g/mol. The molecule has 4 aliphatic rings. The van der Waals surface area contributed by atoms with Crippen molar-refractivity contribution in [2.75, 3.05) is 6.61 Å². The maximum atomic E-state index is 14.1. The van der Waals surface area contributed by atoms with Gasteiger partial charge in [-0.15, -0.1) is 0 Å². The molecule has 1 aromatic rings. The largest absolute Gasteiger partial charge is 0.455 e. The van der Waals surface area contributed by atoms with Crippen LogP contribution in [0.1, 0.15) is 57.8 Å². The standard InChI is InChI=1S/C28H36O8/c1-14-16(29)12-28(34)23(36-24(33)15-9-7-6-8-10-15)21-26(4)13-35-18(26)11-17(30)27(21,5)22(32)20(31)19(14)25(28,2)3/h6-10,16-18,20-21,23,29-31,34H,11-13H2,1-5H3/t16-,17-,18+,20+,21?,23?,26+,27+,28+/m0/s1. The van der Waals surface area contributed by atoms with Crippen LogP contribution in [-0.4, -0.2) is 74.9 Å². The third-order valence-electron chi connectivity index (χ3n) is 10.1. The average Bonchev–Trinajstić information content (AvgIpc) is 2.83. The second-order valence-electron chi connectivity index (χ2n) is 12.1. The number of Topliss-reactive ketones (excluding diaryl/α,β-unsaturated/α-hetero) is 1. The van der Waals surface area contributed by atoms with Gasteiger partial charge in [0.25, 0.3) is 0 Å². The summed E-state index contributed by atoms with van der Waals surface area (Å²) in [5.41, 5.74) is -4.49. The highest BCUT2D eigenvalue weighted by Gasteiger charge is 2.74. The molecule has 3 aliphatic carbocycles. The molecule has 1 saturated heterocycles. The Kier molecular flexibility index (Phi) is 5.64. The van der Waals surface area contributed by atoms with Crippen molar-refractivity contribution in [2.24, 2.45) is 22.2 Å². The number of ketones is 1. The Morgan fingerprint density at radius 1 is 1.08 bits per heavy atom. The van der Waals surface area contributed by atoms with Crippen LogP contribution in [0.25, 0.3) is 0 Å². The summed E-state index contributed by atoms with van der Waals surface area (Å²) in [6.45, 7) is 8.80. The summed E-state index contributed by atoms with van der Waals surface area (Å²) < 4.78 is 12.0. The Labute approximate surface area is 210 Å². The number of aliphatic hydroxyl groups is 4. The Morgan fingerprint density at radius 2 is 1.72 bits per heavy atom. The number of benzene rings is 1. The molecule has 9 atom stereocenters. The highest BCUT2D eigenvalue weighted by Crippen LogP contribution is 2.65. The molecule has 36 heavy (non-hydrogen) atoms. The lowest BCUT2D eigenvalue weighted by Gasteiger charge is -2.67. The maximum Gasteiger partial charge on any atom is 0.338 e. The molecule has 5 rings (SSSR count). The fourth-order valence-electron chi connectivity index (χ4n) is 7.67. The van der Waals surface area contributed by atoms with E-state index in [0.29, 0.717) is 5.57 Å². The van der Waals surface area contributed by atoms with E-state index in [1.54, 1.807) is 58.0 Å². The molecule has 8 nitrogen and oxygen atoms in total. The SMILES string of the molecule is CC1=C2[C@@H](O)C(=O)[C@@]3(C)C(C(OC(=O)c4ccccc4)[C@](O)(C[C@@H]1O)C2(C)C)[C@]1(C)CO[C@@H]1C[C@@H]3O. The molecule has 0 radical (unpaired) electrons. The Balaban J connectivity index is 1.78. The van der Waals surface area contributed by atoms with Crippen LogP contribution in [0.5, 0.6) is 0 Å². The number of carbonyl (C=O) groups is 2. The molecular weight excluding hydrogens is 464 g/mol.